The Morgan fingerprint density at radius 1 is 1.24 bits per heavy atom. The van der Waals surface area contributed by atoms with Crippen molar-refractivity contribution >= 4 is 11.6 Å². The van der Waals surface area contributed by atoms with Crippen LogP contribution in [0.15, 0.2) is 29.1 Å². The van der Waals surface area contributed by atoms with Crippen LogP contribution in [0.1, 0.15) is 37.9 Å². The second kappa shape index (κ2) is 5.90. The molecule has 21 heavy (non-hydrogen) atoms. The summed E-state index contributed by atoms with van der Waals surface area (Å²) in [7, 11) is 0. The summed E-state index contributed by atoms with van der Waals surface area (Å²) in [5, 5.41) is 0.119. The van der Waals surface area contributed by atoms with Gasteiger partial charge in [-0.1, -0.05) is 44.5 Å². The molecule has 0 aliphatic carbocycles. The quantitative estimate of drug-likeness (QED) is 0.942. The molecule has 0 fully saturated rings. The van der Waals surface area contributed by atoms with Gasteiger partial charge in [-0.25, -0.2) is 4.98 Å². The molecule has 1 heterocycles. The predicted molar refractivity (Wildman–Crippen MR) is 84.1 cm³/mol. The van der Waals surface area contributed by atoms with E-state index >= 15 is 0 Å². The lowest BCUT2D eigenvalue weighted by Gasteiger charge is -2.19. The first-order chi connectivity index (χ1) is 9.77. The van der Waals surface area contributed by atoms with E-state index in [9.17, 15) is 4.79 Å². The van der Waals surface area contributed by atoms with E-state index in [-0.39, 0.29) is 22.6 Å². The Bertz CT molecular complexity index is 685. The summed E-state index contributed by atoms with van der Waals surface area (Å²) in [4.78, 5) is 18.3. The van der Waals surface area contributed by atoms with Crippen LogP contribution in [-0.2, 0) is 12.0 Å². The van der Waals surface area contributed by atoms with Crippen molar-refractivity contribution in [2.45, 2.75) is 39.7 Å². The van der Waals surface area contributed by atoms with Crippen LogP contribution in [0.3, 0.4) is 0 Å². The zero-order valence-corrected chi connectivity index (χ0v) is 13.4. The summed E-state index contributed by atoms with van der Waals surface area (Å²) in [6, 6.07) is 7.92. The molecule has 0 radical (unpaired) electrons. The molecule has 1 N–H and O–H groups in total. The maximum atomic E-state index is 11.5. The molecule has 0 unspecified atom stereocenters. The first-order valence-electron chi connectivity index (χ1n) is 6.76. The second-order valence-corrected chi connectivity index (χ2v) is 6.35. The molecule has 5 heteroatoms. The molecule has 2 rings (SSSR count). The minimum Gasteiger partial charge on any atom is -0.486 e. The number of ether oxygens (including phenoxy) is 1. The molecule has 0 aliphatic rings. The van der Waals surface area contributed by atoms with Crippen LogP contribution in [0.25, 0.3) is 0 Å². The average Bonchev–Trinajstić information content (AvgIpc) is 2.42. The van der Waals surface area contributed by atoms with Gasteiger partial charge < -0.3 is 9.72 Å². The molecule has 112 valence electrons. The molecule has 1 aromatic heterocycles. The number of rotatable bonds is 3. The van der Waals surface area contributed by atoms with E-state index in [0.717, 1.165) is 5.75 Å². The van der Waals surface area contributed by atoms with Crippen LogP contribution >= 0.6 is 11.6 Å². The Morgan fingerprint density at radius 2 is 1.86 bits per heavy atom. The molecular formula is C16H19ClN2O2. The third kappa shape index (κ3) is 3.85. The number of halogens is 1. The molecule has 4 nitrogen and oxygen atoms in total. The largest absolute Gasteiger partial charge is 0.486 e. The van der Waals surface area contributed by atoms with Gasteiger partial charge >= 0.3 is 0 Å². The van der Waals surface area contributed by atoms with Gasteiger partial charge in [-0.05, 0) is 30.0 Å². The van der Waals surface area contributed by atoms with Gasteiger partial charge in [0, 0.05) is 0 Å². The molecular weight excluding hydrogens is 288 g/mol. The molecule has 0 saturated heterocycles. The van der Waals surface area contributed by atoms with Gasteiger partial charge in [0.2, 0.25) is 0 Å². The summed E-state index contributed by atoms with van der Waals surface area (Å²) >= 11 is 5.78. The molecule has 0 saturated carbocycles. The third-order valence-electron chi connectivity index (χ3n) is 3.17. The van der Waals surface area contributed by atoms with Crippen LogP contribution < -0.4 is 10.3 Å². The van der Waals surface area contributed by atoms with Gasteiger partial charge in [-0.15, -0.1) is 0 Å². The van der Waals surface area contributed by atoms with E-state index in [1.807, 2.05) is 24.3 Å². The minimum atomic E-state index is -0.342. The van der Waals surface area contributed by atoms with Crippen LogP contribution in [0.4, 0.5) is 0 Å². The zero-order chi connectivity index (χ0) is 15.6. The number of H-pyrrole nitrogens is 1. The fourth-order valence-corrected chi connectivity index (χ4v) is 1.99. The van der Waals surface area contributed by atoms with Crippen LogP contribution in [-0.4, -0.2) is 9.97 Å². The Kier molecular flexibility index (Phi) is 4.37. The van der Waals surface area contributed by atoms with Gasteiger partial charge in [0.25, 0.3) is 5.56 Å². The maximum absolute atomic E-state index is 11.5. The molecule has 0 amide bonds. The summed E-state index contributed by atoms with van der Waals surface area (Å²) < 4.78 is 5.63. The zero-order valence-electron chi connectivity index (χ0n) is 12.7. The maximum Gasteiger partial charge on any atom is 0.270 e. The number of nitrogens with zero attached hydrogens (tertiary/aromatic N) is 1. The van der Waals surface area contributed by atoms with E-state index in [1.165, 1.54) is 5.56 Å². The van der Waals surface area contributed by atoms with Crippen molar-refractivity contribution in [1.29, 1.82) is 0 Å². The number of aromatic amines is 1. The SMILES string of the molecule is Cc1nc(COc2ccc(C(C)(C)C)cc2)[nH]c(=O)c1Cl. The fourth-order valence-electron chi connectivity index (χ4n) is 1.90. The fraction of sp³-hybridized carbons (Fsp3) is 0.375. The highest BCUT2D eigenvalue weighted by Crippen LogP contribution is 2.24. The van der Waals surface area contributed by atoms with Crippen molar-refractivity contribution in [2.24, 2.45) is 0 Å². The summed E-state index contributed by atoms with van der Waals surface area (Å²) in [6.07, 6.45) is 0. The number of benzene rings is 1. The van der Waals surface area contributed by atoms with E-state index in [0.29, 0.717) is 11.5 Å². The Labute approximate surface area is 129 Å². The second-order valence-electron chi connectivity index (χ2n) is 5.98. The van der Waals surface area contributed by atoms with Crippen molar-refractivity contribution in [3.05, 3.63) is 56.7 Å². The molecule has 0 bridgehead atoms. The van der Waals surface area contributed by atoms with Gasteiger partial charge in [0.15, 0.2) is 0 Å². The molecule has 2 aromatic rings. The van der Waals surface area contributed by atoms with E-state index in [1.54, 1.807) is 6.92 Å². The molecule has 0 aliphatic heterocycles. The van der Waals surface area contributed by atoms with Gasteiger partial charge in [-0.2, -0.15) is 0 Å². The summed E-state index contributed by atoms with van der Waals surface area (Å²) in [6.45, 7) is 8.37. The first kappa shape index (κ1) is 15.6. The first-order valence-corrected chi connectivity index (χ1v) is 7.14. The number of nitrogens with one attached hydrogen (secondary N) is 1. The van der Waals surface area contributed by atoms with Crippen LogP contribution in [0.5, 0.6) is 5.75 Å². The Hall–Kier alpha value is -1.81. The van der Waals surface area contributed by atoms with Crippen molar-refractivity contribution in [3.8, 4) is 5.75 Å². The Morgan fingerprint density at radius 3 is 2.38 bits per heavy atom. The monoisotopic (exact) mass is 306 g/mol. The highest BCUT2D eigenvalue weighted by Gasteiger charge is 2.13. The average molecular weight is 307 g/mol. The van der Waals surface area contributed by atoms with Crippen LogP contribution in [0, 0.1) is 6.92 Å². The van der Waals surface area contributed by atoms with E-state index in [4.69, 9.17) is 16.3 Å². The molecule has 0 atom stereocenters. The minimum absolute atomic E-state index is 0.110. The van der Waals surface area contributed by atoms with Crippen LogP contribution in [0.2, 0.25) is 5.02 Å². The van der Waals surface area contributed by atoms with E-state index in [2.05, 4.69) is 30.7 Å². The normalized spacial score (nSPS) is 11.5. The van der Waals surface area contributed by atoms with Gasteiger partial charge in [0.1, 0.15) is 23.2 Å². The topological polar surface area (TPSA) is 55.0 Å². The number of hydrogen-bond donors (Lipinski definition) is 1. The van der Waals surface area contributed by atoms with Crippen molar-refractivity contribution in [2.75, 3.05) is 0 Å². The van der Waals surface area contributed by atoms with Gasteiger partial charge in [0.05, 0.1) is 5.69 Å². The van der Waals surface area contributed by atoms with Gasteiger partial charge in [-0.3, -0.25) is 4.79 Å². The number of aryl methyl sites for hydroxylation is 1. The van der Waals surface area contributed by atoms with Crippen molar-refractivity contribution in [3.63, 3.8) is 0 Å². The highest BCUT2D eigenvalue weighted by molar-refractivity contribution is 6.30. The predicted octanol–water partition coefficient (Wildman–Crippen LogP) is 3.61. The van der Waals surface area contributed by atoms with Crippen molar-refractivity contribution < 1.29 is 4.74 Å². The highest BCUT2D eigenvalue weighted by atomic mass is 35.5. The molecule has 1 aromatic carbocycles. The summed E-state index contributed by atoms with van der Waals surface area (Å²) in [5.74, 6) is 1.19. The standard InChI is InChI=1S/C16H19ClN2O2/c1-10-14(17)15(20)19-13(18-10)9-21-12-7-5-11(6-8-12)16(2,3)4/h5-8H,9H2,1-4H3,(H,18,19,20). The third-order valence-corrected chi connectivity index (χ3v) is 3.62. The smallest absolute Gasteiger partial charge is 0.270 e. The lowest BCUT2D eigenvalue weighted by molar-refractivity contribution is 0.295. The van der Waals surface area contributed by atoms with Crippen molar-refractivity contribution in [1.82, 2.24) is 9.97 Å². The lowest BCUT2D eigenvalue weighted by Crippen LogP contribution is -2.15. The lowest BCUT2D eigenvalue weighted by atomic mass is 9.87. The Balaban J connectivity index is 2.08. The summed E-state index contributed by atoms with van der Waals surface area (Å²) in [5.41, 5.74) is 1.51. The molecule has 0 spiro atoms. The van der Waals surface area contributed by atoms with E-state index < -0.39 is 0 Å². The number of aromatic nitrogens is 2. The number of hydrogen-bond acceptors (Lipinski definition) is 3.